The summed E-state index contributed by atoms with van der Waals surface area (Å²) >= 11 is 5.62. The van der Waals surface area contributed by atoms with Gasteiger partial charge in [0.1, 0.15) is 0 Å². The standard InChI is InChI=1S/C18H20N2S/c1-13-6-5-7-14(2)17(13)19-18(21)20-11-10-15-8-3-4-9-16(15)12-20/h3-9H,10-12H2,1-2H3,(H,19,21). The van der Waals surface area contributed by atoms with Gasteiger partial charge in [0.25, 0.3) is 0 Å². The van der Waals surface area contributed by atoms with Gasteiger partial charge in [0.05, 0.1) is 0 Å². The van der Waals surface area contributed by atoms with E-state index in [1.165, 1.54) is 22.3 Å². The summed E-state index contributed by atoms with van der Waals surface area (Å²) in [7, 11) is 0. The van der Waals surface area contributed by atoms with Crippen LogP contribution in [0.15, 0.2) is 42.5 Å². The smallest absolute Gasteiger partial charge is 0.173 e. The van der Waals surface area contributed by atoms with Gasteiger partial charge < -0.3 is 10.2 Å². The molecule has 2 aromatic rings. The molecule has 0 fully saturated rings. The van der Waals surface area contributed by atoms with E-state index in [1.54, 1.807) is 0 Å². The fraction of sp³-hybridized carbons (Fsp3) is 0.278. The highest BCUT2D eigenvalue weighted by atomic mass is 32.1. The van der Waals surface area contributed by atoms with Gasteiger partial charge >= 0.3 is 0 Å². The molecule has 0 amide bonds. The Hall–Kier alpha value is -1.87. The van der Waals surface area contributed by atoms with E-state index in [4.69, 9.17) is 12.2 Å². The third-order valence-corrected chi connectivity index (χ3v) is 4.49. The van der Waals surface area contributed by atoms with Gasteiger partial charge in [-0.05, 0) is 54.7 Å². The largest absolute Gasteiger partial charge is 0.344 e. The van der Waals surface area contributed by atoms with Crippen molar-refractivity contribution >= 4 is 23.0 Å². The average Bonchev–Trinajstić information content (AvgIpc) is 2.50. The highest BCUT2D eigenvalue weighted by Gasteiger charge is 2.18. The minimum Gasteiger partial charge on any atom is -0.344 e. The lowest BCUT2D eigenvalue weighted by atomic mass is 10.0. The van der Waals surface area contributed by atoms with E-state index in [0.717, 1.165) is 30.3 Å². The summed E-state index contributed by atoms with van der Waals surface area (Å²) in [5, 5.41) is 4.26. The fourth-order valence-corrected chi connectivity index (χ4v) is 3.12. The monoisotopic (exact) mass is 296 g/mol. The van der Waals surface area contributed by atoms with E-state index in [1.807, 2.05) is 0 Å². The van der Waals surface area contributed by atoms with Crippen molar-refractivity contribution in [3.63, 3.8) is 0 Å². The van der Waals surface area contributed by atoms with E-state index in [2.05, 4.69) is 66.5 Å². The molecule has 0 saturated heterocycles. The van der Waals surface area contributed by atoms with Crippen LogP contribution < -0.4 is 5.32 Å². The maximum absolute atomic E-state index is 5.62. The van der Waals surface area contributed by atoms with Crippen molar-refractivity contribution in [1.29, 1.82) is 0 Å². The number of aryl methyl sites for hydroxylation is 2. The van der Waals surface area contributed by atoms with E-state index in [-0.39, 0.29) is 0 Å². The summed E-state index contributed by atoms with van der Waals surface area (Å²) in [6.07, 6.45) is 1.06. The second kappa shape index (κ2) is 5.86. The molecule has 108 valence electrons. The van der Waals surface area contributed by atoms with Crippen molar-refractivity contribution in [3.8, 4) is 0 Å². The maximum Gasteiger partial charge on any atom is 0.173 e. The van der Waals surface area contributed by atoms with E-state index < -0.39 is 0 Å². The van der Waals surface area contributed by atoms with Crippen molar-refractivity contribution in [2.75, 3.05) is 11.9 Å². The Bertz CT molecular complexity index is 658. The maximum atomic E-state index is 5.62. The molecule has 1 aliphatic rings. The van der Waals surface area contributed by atoms with Crippen LogP contribution in [0.4, 0.5) is 5.69 Å². The lowest BCUT2D eigenvalue weighted by molar-refractivity contribution is 0.399. The molecule has 0 atom stereocenters. The first-order chi connectivity index (χ1) is 10.1. The van der Waals surface area contributed by atoms with Gasteiger partial charge in [-0.2, -0.15) is 0 Å². The molecular weight excluding hydrogens is 276 g/mol. The molecule has 21 heavy (non-hydrogen) atoms. The predicted octanol–water partition coefficient (Wildman–Crippen LogP) is 4.06. The summed E-state index contributed by atoms with van der Waals surface area (Å²) in [5.41, 5.74) is 6.43. The molecule has 1 N–H and O–H groups in total. The van der Waals surface area contributed by atoms with Gasteiger partial charge in [0.15, 0.2) is 5.11 Å². The summed E-state index contributed by atoms with van der Waals surface area (Å²) in [4.78, 5) is 2.25. The number of para-hydroxylation sites is 1. The van der Waals surface area contributed by atoms with Gasteiger partial charge in [0.2, 0.25) is 0 Å². The Morgan fingerprint density at radius 3 is 2.38 bits per heavy atom. The van der Waals surface area contributed by atoms with Crippen molar-refractivity contribution in [2.45, 2.75) is 26.8 Å². The number of rotatable bonds is 1. The van der Waals surface area contributed by atoms with Crippen LogP contribution in [-0.2, 0) is 13.0 Å². The van der Waals surface area contributed by atoms with Crippen molar-refractivity contribution < 1.29 is 0 Å². The van der Waals surface area contributed by atoms with Gasteiger partial charge in [-0.3, -0.25) is 0 Å². The van der Waals surface area contributed by atoms with Gasteiger partial charge in [0, 0.05) is 18.8 Å². The third-order valence-electron chi connectivity index (χ3n) is 4.13. The summed E-state index contributed by atoms with van der Waals surface area (Å²) in [6, 6.07) is 14.9. The number of benzene rings is 2. The molecule has 2 aromatic carbocycles. The number of hydrogen-bond acceptors (Lipinski definition) is 1. The lowest BCUT2D eigenvalue weighted by Gasteiger charge is -2.31. The van der Waals surface area contributed by atoms with E-state index in [0.29, 0.717) is 0 Å². The first kappa shape index (κ1) is 14.1. The Balaban J connectivity index is 1.76. The topological polar surface area (TPSA) is 15.3 Å². The summed E-state index contributed by atoms with van der Waals surface area (Å²) in [5.74, 6) is 0. The third kappa shape index (κ3) is 2.93. The van der Waals surface area contributed by atoms with Crippen molar-refractivity contribution in [3.05, 3.63) is 64.7 Å². The minimum absolute atomic E-state index is 0.821. The molecule has 0 bridgehead atoms. The first-order valence-electron chi connectivity index (χ1n) is 7.34. The predicted molar refractivity (Wildman–Crippen MR) is 92.7 cm³/mol. The van der Waals surface area contributed by atoms with Crippen LogP contribution in [0.3, 0.4) is 0 Å². The fourth-order valence-electron chi connectivity index (χ4n) is 2.87. The Kier molecular flexibility index (Phi) is 3.93. The number of anilines is 1. The first-order valence-corrected chi connectivity index (χ1v) is 7.75. The van der Waals surface area contributed by atoms with Crippen LogP contribution >= 0.6 is 12.2 Å². The molecule has 0 radical (unpaired) electrons. The highest BCUT2D eigenvalue weighted by molar-refractivity contribution is 7.80. The van der Waals surface area contributed by atoms with Crippen LogP contribution in [0, 0.1) is 13.8 Å². The Morgan fingerprint density at radius 2 is 1.67 bits per heavy atom. The number of thiocarbonyl (C=S) groups is 1. The molecule has 0 aromatic heterocycles. The van der Waals surface area contributed by atoms with Crippen LogP contribution in [0.2, 0.25) is 0 Å². The van der Waals surface area contributed by atoms with Gasteiger partial charge in [-0.1, -0.05) is 42.5 Å². The number of nitrogens with zero attached hydrogens (tertiary/aromatic N) is 1. The van der Waals surface area contributed by atoms with Crippen molar-refractivity contribution in [2.24, 2.45) is 0 Å². The average molecular weight is 296 g/mol. The Morgan fingerprint density at radius 1 is 1.00 bits per heavy atom. The number of hydrogen-bond donors (Lipinski definition) is 1. The molecule has 1 heterocycles. The molecular formula is C18H20N2S. The second-order valence-corrected chi connectivity index (χ2v) is 6.02. The van der Waals surface area contributed by atoms with Gasteiger partial charge in [-0.15, -0.1) is 0 Å². The second-order valence-electron chi connectivity index (χ2n) is 5.64. The molecule has 1 aliphatic heterocycles. The van der Waals surface area contributed by atoms with E-state index in [9.17, 15) is 0 Å². The molecule has 0 saturated carbocycles. The zero-order chi connectivity index (χ0) is 14.8. The van der Waals surface area contributed by atoms with Crippen LogP contribution in [-0.4, -0.2) is 16.6 Å². The highest BCUT2D eigenvalue weighted by Crippen LogP contribution is 2.22. The molecule has 3 heteroatoms. The zero-order valence-corrected chi connectivity index (χ0v) is 13.3. The van der Waals surface area contributed by atoms with Crippen molar-refractivity contribution in [1.82, 2.24) is 4.90 Å². The molecule has 3 rings (SSSR count). The summed E-state index contributed by atoms with van der Waals surface area (Å²) < 4.78 is 0. The SMILES string of the molecule is Cc1cccc(C)c1NC(=S)N1CCc2ccccc2C1. The quantitative estimate of drug-likeness (QED) is 0.799. The van der Waals surface area contributed by atoms with Crippen LogP contribution in [0.1, 0.15) is 22.3 Å². The van der Waals surface area contributed by atoms with E-state index >= 15 is 0 Å². The number of nitrogens with one attached hydrogen (secondary N) is 1. The van der Waals surface area contributed by atoms with Crippen LogP contribution in [0.25, 0.3) is 0 Å². The minimum atomic E-state index is 0.821. The van der Waals surface area contributed by atoms with Crippen LogP contribution in [0.5, 0.6) is 0 Å². The normalized spacial score (nSPS) is 13.7. The molecule has 0 unspecified atom stereocenters. The Labute approximate surface area is 131 Å². The number of fused-ring (bicyclic) bond motifs is 1. The molecule has 2 nitrogen and oxygen atoms in total. The summed E-state index contributed by atoms with van der Waals surface area (Å²) in [6.45, 7) is 6.10. The molecule has 0 aliphatic carbocycles. The lowest BCUT2D eigenvalue weighted by Crippen LogP contribution is -2.38. The van der Waals surface area contributed by atoms with Gasteiger partial charge in [-0.25, -0.2) is 0 Å². The zero-order valence-electron chi connectivity index (χ0n) is 12.5. The molecule has 0 spiro atoms.